The maximum absolute atomic E-state index is 13.2. The van der Waals surface area contributed by atoms with Gasteiger partial charge in [-0.25, -0.2) is 9.67 Å². The van der Waals surface area contributed by atoms with Crippen LogP contribution in [-0.4, -0.2) is 31.7 Å². The number of nitrogens with one attached hydrogen (secondary N) is 1. The summed E-state index contributed by atoms with van der Waals surface area (Å²) in [5.41, 5.74) is 2.90. The molecule has 1 aliphatic rings. The third kappa shape index (κ3) is 3.25. The van der Waals surface area contributed by atoms with Gasteiger partial charge in [0.15, 0.2) is 5.82 Å². The maximum atomic E-state index is 13.2. The lowest BCUT2D eigenvalue weighted by Gasteiger charge is -2.30. The lowest BCUT2D eigenvalue weighted by Crippen LogP contribution is -2.31. The minimum Gasteiger partial charge on any atom is -0.293 e. The molecule has 0 fully saturated rings. The average Bonchev–Trinajstić information content (AvgIpc) is 3.11. The van der Waals surface area contributed by atoms with Crippen molar-refractivity contribution in [3.05, 3.63) is 88.2 Å². The molecule has 3 heterocycles. The Hall–Kier alpha value is -3.25. The first-order valence-electron chi connectivity index (χ1n) is 10.00. The predicted molar refractivity (Wildman–Crippen MR) is 113 cm³/mol. The third-order valence-electron chi connectivity index (χ3n) is 5.75. The molecule has 6 heteroatoms. The van der Waals surface area contributed by atoms with Gasteiger partial charge in [-0.05, 0) is 49.9 Å². The van der Waals surface area contributed by atoms with Crippen LogP contribution in [0, 0.1) is 0 Å². The molecule has 0 saturated carbocycles. The second kappa shape index (κ2) is 7.29. The zero-order chi connectivity index (χ0) is 19.8. The van der Waals surface area contributed by atoms with Crippen molar-refractivity contribution in [1.29, 1.82) is 0 Å². The average molecular weight is 385 g/mol. The van der Waals surface area contributed by atoms with Crippen LogP contribution >= 0.6 is 0 Å². The molecule has 3 aromatic heterocycles. The van der Waals surface area contributed by atoms with Crippen molar-refractivity contribution in [3.8, 4) is 5.82 Å². The molecule has 0 aliphatic heterocycles. The summed E-state index contributed by atoms with van der Waals surface area (Å²) in [5.74, 6) is 0.629. The molecule has 1 aliphatic carbocycles. The van der Waals surface area contributed by atoms with Gasteiger partial charge in [-0.3, -0.25) is 19.8 Å². The SMILES string of the molecule is CN(Cc1cc2ccccc2cn1)C1CCCc2[nH]n(-c3ccccn3)c(=O)c21. The van der Waals surface area contributed by atoms with Crippen molar-refractivity contribution in [3.63, 3.8) is 0 Å². The van der Waals surface area contributed by atoms with E-state index in [1.54, 1.807) is 10.9 Å². The Balaban J connectivity index is 1.46. The minimum atomic E-state index is 0.00159. The van der Waals surface area contributed by atoms with Crippen molar-refractivity contribution in [2.45, 2.75) is 31.8 Å². The van der Waals surface area contributed by atoms with Gasteiger partial charge in [-0.15, -0.1) is 0 Å². The van der Waals surface area contributed by atoms with Gasteiger partial charge in [0.05, 0.1) is 11.3 Å². The summed E-state index contributed by atoms with van der Waals surface area (Å²) in [5, 5.41) is 5.62. The molecular weight excluding hydrogens is 362 g/mol. The molecule has 29 heavy (non-hydrogen) atoms. The fraction of sp³-hybridized carbons (Fsp3) is 0.261. The lowest BCUT2D eigenvalue weighted by molar-refractivity contribution is 0.210. The van der Waals surface area contributed by atoms with Gasteiger partial charge in [0, 0.05) is 36.1 Å². The van der Waals surface area contributed by atoms with E-state index in [0.717, 1.165) is 41.6 Å². The highest BCUT2D eigenvalue weighted by Gasteiger charge is 2.30. The highest BCUT2D eigenvalue weighted by atomic mass is 16.1. The summed E-state index contributed by atoms with van der Waals surface area (Å²) in [7, 11) is 2.08. The Labute approximate surface area is 168 Å². The molecule has 6 nitrogen and oxygen atoms in total. The molecule has 0 amide bonds. The zero-order valence-electron chi connectivity index (χ0n) is 16.4. The van der Waals surface area contributed by atoms with E-state index in [1.165, 1.54) is 5.39 Å². The summed E-state index contributed by atoms with van der Waals surface area (Å²) in [6.45, 7) is 0.698. The summed E-state index contributed by atoms with van der Waals surface area (Å²) in [4.78, 5) is 24.4. The number of benzene rings is 1. The Bertz CT molecular complexity index is 1210. The van der Waals surface area contributed by atoms with Gasteiger partial charge < -0.3 is 0 Å². The minimum absolute atomic E-state index is 0.00159. The van der Waals surface area contributed by atoms with Gasteiger partial charge in [0.25, 0.3) is 5.56 Å². The summed E-state index contributed by atoms with van der Waals surface area (Å²) in [6, 6.07) is 16.1. The molecule has 1 N–H and O–H groups in total. The molecule has 0 saturated heterocycles. The number of aromatic amines is 1. The Morgan fingerprint density at radius 3 is 2.79 bits per heavy atom. The Kier molecular flexibility index (Phi) is 4.48. The fourth-order valence-electron chi connectivity index (χ4n) is 4.32. The molecule has 0 radical (unpaired) electrons. The first kappa shape index (κ1) is 17.8. The number of fused-ring (bicyclic) bond motifs is 2. The molecule has 0 spiro atoms. The fourth-order valence-corrected chi connectivity index (χ4v) is 4.32. The van der Waals surface area contributed by atoms with Crippen LogP contribution in [0.25, 0.3) is 16.6 Å². The van der Waals surface area contributed by atoms with Crippen LogP contribution in [0.1, 0.15) is 35.8 Å². The first-order valence-corrected chi connectivity index (χ1v) is 10.00. The summed E-state index contributed by atoms with van der Waals surface area (Å²) in [6.07, 6.45) is 6.54. The Morgan fingerprint density at radius 2 is 1.97 bits per heavy atom. The lowest BCUT2D eigenvalue weighted by atomic mass is 9.92. The van der Waals surface area contributed by atoms with E-state index in [1.807, 2.05) is 36.5 Å². The molecule has 1 unspecified atom stereocenters. The smallest absolute Gasteiger partial charge is 0.277 e. The van der Waals surface area contributed by atoms with E-state index in [0.29, 0.717) is 12.4 Å². The van der Waals surface area contributed by atoms with E-state index < -0.39 is 0 Å². The largest absolute Gasteiger partial charge is 0.293 e. The predicted octanol–water partition coefficient (Wildman–Crippen LogP) is 3.62. The normalized spacial score (nSPS) is 16.3. The number of pyridine rings is 2. The molecule has 1 atom stereocenters. The standard InChI is InChI=1S/C23H23N5O/c1-27(15-18-13-16-7-2-3-8-17(16)14-25-18)20-10-6-9-19-22(20)23(29)28(26-19)21-11-4-5-12-24-21/h2-5,7-8,11-14,20,26H,6,9-10,15H2,1H3. The monoisotopic (exact) mass is 385 g/mol. The Morgan fingerprint density at radius 1 is 1.14 bits per heavy atom. The third-order valence-corrected chi connectivity index (χ3v) is 5.75. The van der Waals surface area contributed by atoms with E-state index in [9.17, 15) is 4.79 Å². The van der Waals surface area contributed by atoms with Crippen LogP contribution in [0.15, 0.2) is 65.7 Å². The van der Waals surface area contributed by atoms with E-state index >= 15 is 0 Å². The highest BCUT2D eigenvalue weighted by Crippen LogP contribution is 2.32. The molecule has 0 bridgehead atoms. The van der Waals surface area contributed by atoms with Crippen LogP contribution in [0.3, 0.4) is 0 Å². The van der Waals surface area contributed by atoms with Crippen LogP contribution in [-0.2, 0) is 13.0 Å². The maximum Gasteiger partial charge on any atom is 0.277 e. The number of aryl methyl sites for hydroxylation is 1. The first-order chi connectivity index (χ1) is 14.2. The zero-order valence-corrected chi connectivity index (χ0v) is 16.4. The second-order valence-electron chi connectivity index (χ2n) is 7.68. The molecule has 1 aromatic carbocycles. The summed E-state index contributed by atoms with van der Waals surface area (Å²) < 4.78 is 1.57. The number of hydrogen-bond donors (Lipinski definition) is 1. The van der Waals surface area contributed by atoms with Crippen LogP contribution in [0.5, 0.6) is 0 Å². The van der Waals surface area contributed by atoms with Crippen LogP contribution in [0.2, 0.25) is 0 Å². The number of aromatic nitrogens is 4. The van der Waals surface area contributed by atoms with Gasteiger partial charge in [0.1, 0.15) is 0 Å². The number of hydrogen-bond acceptors (Lipinski definition) is 4. The number of nitrogens with zero attached hydrogens (tertiary/aromatic N) is 4. The van der Waals surface area contributed by atoms with Crippen LogP contribution < -0.4 is 5.56 Å². The van der Waals surface area contributed by atoms with Crippen molar-refractivity contribution in [1.82, 2.24) is 24.6 Å². The van der Waals surface area contributed by atoms with Gasteiger partial charge in [0.2, 0.25) is 0 Å². The molecule has 146 valence electrons. The van der Waals surface area contributed by atoms with Crippen molar-refractivity contribution in [2.24, 2.45) is 0 Å². The van der Waals surface area contributed by atoms with E-state index in [4.69, 9.17) is 0 Å². The quantitative estimate of drug-likeness (QED) is 0.583. The van der Waals surface area contributed by atoms with Gasteiger partial charge in [-0.1, -0.05) is 30.3 Å². The summed E-state index contributed by atoms with van der Waals surface area (Å²) >= 11 is 0. The van der Waals surface area contributed by atoms with Gasteiger partial charge in [-0.2, -0.15) is 0 Å². The second-order valence-corrected chi connectivity index (χ2v) is 7.68. The van der Waals surface area contributed by atoms with E-state index in [-0.39, 0.29) is 11.6 Å². The number of rotatable bonds is 4. The highest BCUT2D eigenvalue weighted by molar-refractivity contribution is 5.81. The van der Waals surface area contributed by atoms with Crippen LogP contribution in [0.4, 0.5) is 0 Å². The topological polar surface area (TPSA) is 66.8 Å². The van der Waals surface area contributed by atoms with Crippen molar-refractivity contribution in [2.75, 3.05) is 7.05 Å². The molecule has 4 aromatic rings. The van der Waals surface area contributed by atoms with Gasteiger partial charge >= 0.3 is 0 Å². The van der Waals surface area contributed by atoms with Crippen molar-refractivity contribution < 1.29 is 0 Å². The van der Waals surface area contributed by atoms with E-state index in [2.05, 4.69) is 45.2 Å². The van der Waals surface area contributed by atoms with Crippen molar-refractivity contribution >= 4 is 10.8 Å². The molecule has 5 rings (SSSR count). The number of H-pyrrole nitrogens is 1. The molecular formula is C23H23N5O.